The molecule has 1 aromatic carbocycles. The second kappa shape index (κ2) is 11.7. The van der Waals surface area contributed by atoms with Crippen LogP contribution < -0.4 is 4.74 Å². The summed E-state index contributed by atoms with van der Waals surface area (Å²) in [4.78, 5) is 11.6. The Morgan fingerprint density at radius 1 is 1.03 bits per heavy atom. The van der Waals surface area contributed by atoms with Crippen LogP contribution in [-0.2, 0) is 6.42 Å². The van der Waals surface area contributed by atoms with E-state index in [1.54, 1.807) is 0 Å². The van der Waals surface area contributed by atoms with Crippen molar-refractivity contribution < 1.29 is 14.8 Å². The first-order valence-corrected chi connectivity index (χ1v) is 12.5. The van der Waals surface area contributed by atoms with Crippen molar-refractivity contribution in [1.82, 2.24) is 0 Å². The summed E-state index contributed by atoms with van der Waals surface area (Å²) in [6.07, 6.45) is 10.6. The first-order valence-electron chi connectivity index (χ1n) is 12.5. The molecule has 5 heteroatoms. The number of ether oxygens (including phenoxy) is 1. The zero-order chi connectivity index (χ0) is 25.6. The van der Waals surface area contributed by atoms with Crippen molar-refractivity contribution in [3.05, 3.63) is 66.9 Å². The van der Waals surface area contributed by atoms with Gasteiger partial charge < -0.3 is 9.84 Å². The molecule has 2 rings (SSSR count). The van der Waals surface area contributed by atoms with E-state index < -0.39 is 5.60 Å². The summed E-state index contributed by atoms with van der Waals surface area (Å²) >= 11 is 0. The van der Waals surface area contributed by atoms with Crippen molar-refractivity contribution in [3.63, 3.8) is 0 Å². The fraction of sp³-hybridized carbons (Fsp3) is 0.586. The minimum Gasteiger partial charge on any atom is -0.507 e. The predicted molar refractivity (Wildman–Crippen MR) is 140 cm³/mol. The molecule has 34 heavy (non-hydrogen) atoms. The summed E-state index contributed by atoms with van der Waals surface area (Å²) in [6, 6.07) is 0. The summed E-state index contributed by atoms with van der Waals surface area (Å²) < 4.78 is 6.47. The molecule has 1 aromatic rings. The van der Waals surface area contributed by atoms with Crippen LogP contribution in [0.15, 0.2) is 34.6 Å². The van der Waals surface area contributed by atoms with E-state index in [2.05, 4.69) is 39.8 Å². The van der Waals surface area contributed by atoms with Gasteiger partial charge in [0.05, 0.1) is 4.92 Å². The summed E-state index contributed by atoms with van der Waals surface area (Å²) in [5.41, 5.74) is 7.12. The Kier molecular flexibility index (Phi) is 9.54. The fourth-order valence-corrected chi connectivity index (χ4v) is 4.68. The molecule has 188 valence electrons. The van der Waals surface area contributed by atoms with E-state index in [-0.39, 0.29) is 4.92 Å². The summed E-state index contributed by atoms with van der Waals surface area (Å²) in [7, 11) is 0. The van der Waals surface area contributed by atoms with Gasteiger partial charge in [-0.2, -0.15) is 0 Å². The molecule has 0 saturated carbocycles. The molecule has 1 aliphatic rings. The Hall–Kier alpha value is -2.56. The summed E-state index contributed by atoms with van der Waals surface area (Å²) in [6.45, 7) is 16.1. The zero-order valence-corrected chi connectivity index (χ0v) is 22.4. The lowest BCUT2D eigenvalue weighted by Crippen LogP contribution is -2.37. The van der Waals surface area contributed by atoms with Crippen molar-refractivity contribution in [2.24, 2.45) is 0 Å². The average molecular weight is 470 g/mol. The second-order valence-corrected chi connectivity index (χ2v) is 10.5. The lowest BCUT2D eigenvalue weighted by Gasteiger charge is -2.38. The highest BCUT2D eigenvalue weighted by Gasteiger charge is 2.35. The summed E-state index contributed by atoms with van der Waals surface area (Å²) in [5, 5.41) is 22.3. The highest BCUT2D eigenvalue weighted by molar-refractivity contribution is 5.58. The molecular weight excluding hydrogens is 426 g/mol. The minimum absolute atomic E-state index is 0.210. The van der Waals surface area contributed by atoms with Crippen molar-refractivity contribution in [3.8, 4) is 11.5 Å². The Morgan fingerprint density at radius 2 is 1.68 bits per heavy atom. The van der Waals surface area contributed by atoms with Gasteiger partial charge in [-0.05, 0) is 117 Å². The average Bonchev–Trinajstić information content (AvgIpc) is 2.75. The first-order chi connectivity index (χ1) is 15.9. The van der Waals surface area contributed by atoms with Crippen LogP contribution in [0.4, 0.5) is 0 Å². The maximum absolute atomic E-state index is 11.9. The highest BCUT2D eigenvalue weighted by atomic mass is 16.6. The lowest BCUT2D eigenvalue weighted by atomic mass is 9.84. The van der Waals surface area contributed by atoms with Gasteiger partial charge >= 0.3 is 0 Å². The number of benzene rings is 1. The predicted octanol–water partition coefficient (Wildman–Crippen LogP) is 8.20. The Labute approximate surface area is 205 Å². The first kappa shape index (κ1) is 27.7. The standard InChI is InChI=1S/C29H43NO4/c1-19(2)11-9-12-20(3)13-10-14-21(4)26(30(32)33)16-18-29(8)17-15-25-24(7)27(31)22(5)23(6)28(25)34-29/h11,13,31H,9-10,12,14-18H2,1-8H3/b20-13+,26-21-/t29-/m1/s1. The third kappa shape index (κ3) is 6.97. The normalized spacial score (nSPS) is 18.6. The molecule has 0 saturated heterocycles. The van der Waals surface area contributed by atoms with Gasteiger partial charge in [0, 0.05) is 17.6 Å². The van der Waals surface area contributed by atoms with Gasteiger partial charge in [0.1, 0.15) is 17.1 Å². The number of nitro groups is 1. The molecule has 0 aliphatic carbocycles. The quantitative estimate of drug-likeness (QED) is 0.213. The highest BCUT2D eigenvalue weighted by Crippen LogP contribution is 2.44. The van der Waals surface area contributed by atoms with Gasteiger partial charge in [0.2, 0.25) is 5.70 Å². The van der Waals surface area contributed by atoms with E-state index >= 15 is 0 Å². The molecule has 0 aromatic heterocycles. The maximum atomic E-state index is 11.9. The van der Waals surface area contributed by atoms with Gasteiger partial charge in [-0.15, -0.1) is 0 Å². The number of nitrogens with zero attached hydrogens (tertiary/aromatic N) is 1. The number of hydrogen-bond acceptors (Lipinski definition) is 4. The van der Waals surface area contributed by atoms with Crippen LogP contribution in [0.2, 0.25) is 0 Å². The molecule has 1 aliphatic heterocycles. The van der Waals surface area contributed by atoms with Gasteiger partial charge in [-0.25, -0.2) is 0 Å². The van der Waals surface area contributed by atoms with Gasteiger partial charge in [0.15, 0.2) is 0 Å². The number of hydrogen-bond donors (Lipinski definition) is 1. The van der Waals surface area contributed by atoms with Crippen molar-refractivity contribution in [2.45, 2.75) is 112 Å². The van der Waals surface area contributed by atoms with Gasteiger partial charge in [0.25, 0.3) is 0 Å². The van der Waals surface area contributed by atoms with Gasteiger partial charge in [-0.3, -0.25) is 10.1 Å². The van der Waals surface area contributed by atoms with Gasteiger partial charge in [-0.1, -0.05) is 23.3 Å². The van der Waals surface area contributed by atoms with E-state index in [1.807, 2.05) is 27.7 Å². The molecular formula is C29H43NO4. The Morgan fingerprint density at radius 3 is 2.29 bits per heavy atom. The smallest absolute Gasteiger partial charge is 0.245 e. The van der Waals surface area contributed by atoms with E-state index in [0.29, 0.717) is 30.7 Å². The van der Waals surface area contributed by atoms with E-state index in [4.69, 9.17) is 4.74 Å². The number of phenolic OH excluding ortho intramolecular Hbond substituents is 1. The van der Waals surface area contributed by atoms with E-state index in [1.165, 1.54) is 11.1 Å². The number of allylic oxidation sites excluding steroid dienone is 6. The molecule has 0 radical (unpaired) electrons. The topological polar surface area (TPSA) is 72.6 Å². The third-order valence-electron chi connectivity index (χ3n) is 7.30. The largest absolute Gasteiger partial charge is 0.507 e. The second-order valence-electron chi connectivity index (χ2n) is 10.5. The van der Waals surface area contributed by atoms with E-state index in [0.717, 1.165) is 65.7 Å². The van der Waals surface area contributed by atoms with Crippen LogP contribution in [0.5, 0.6) is 11.5 Å². The molecule has 1 atom stereocenters. The van der Waals surface area contributed by atoms with Crippen LogP contribution >= 0.6 is 0 Å². The van der Waals surface area contributed by atoms with Crippen LogP contribution in [0.25, 0.3) is 0 Å². The van der Waals surface area contributed by atoms with Crippen molar-refractivity contribution >= 4 is 0 Å². The number of aromatic hydroxyl groups is 1. The van der Waals surface area contributed by atoms with Crippen LogP contribution in [0.1, 0.15) is 102 Å². The molecule has 0 fully saturated rings. The Balaban J connectivity index is 2.07. The van der Waals surface area contributed by atoms with Crippen LogP contribution in [-0.4, -0.2) is 15.6 Å². The SMILES string of the molecule is CC(C)=CCC/C(C)=C/CC/C(C)=C(/CC[C@@]1(C)CCc2c(C)c(O)c(C)c(C)c2O1)[N+](=O)[O-]. The van der Waals surface area contributed by atoms with Crippen molar-refractivity contribution in [2.75, 3.05) is 0 Å². The van der Waals surface area contributed by atoms with Crippen LogP contribution in [0, 0.1) is 30.9 Å². The number of fused-ring (bicyclic) bond motifs is 1. The maximum Gasteiger partial charge on any atom is 0.245 e. The number of rotatable bonds is 10. The van der Waals surface area contributed by atoms with Crippen LogP contribution in [0.3, 0.4) is 0 Å². The minimum atomic E-state index is -0.462. The molecule has 1 N–H and O–H groups in total. The molecule has 5 nitrogen and oxygen atoms in total. The molecule has 0 spiro atoms. The third-order valence-corrected chi connectivity index (χ3v) is 7.30. The molecule has 0 bridgehead atoms. The fourth-order valence-electron chi connectivity index (χ4n) is 4.68. The Bertz CT molecular complexity index is 1010. The van der Waals surface area contributed by atoms with E-state index in [9.17, 15) is 15.2 Å². The van der Waals surface area contributed by atoms with Crippen molar-refractivity contribution in [1.29, 1.82) is 0 Å². The molecule has 0 amide bonds. The lowest BCUT2D eigenvalue weighted by molar-refractivity contribution is -0.429. The zero-order valence-electron chi connectivity index (χ0n) is 22.4. The monoisotopic (exact) mass is 469 g/mol. The molecule has 1 heterocycles. The molecule has 0 unspecified atom stereocenters. The summed E-state index contributed by atoms with van der Waals surface area (Å²) in [5.74, 6) is 1.19. The number of phenols is 1.